The SMILES string of the molecule is CCOC12CC3C(CCC4C5(C(=O)OC)CCCC34C(OC)OC5)C(C)C1=CC(=O)O2. The summed E-state index contributed by atoms with van der Waals surface area (Å²) in [6, 6.07) is 0. The quantitative estimate of drug-likeness (QED) is 0.629. The zero-order chi connectivity index (χ0) is 22.0. The predicted molar refractivity (Wildman–Crippen MR) is 109 cm³/mol. The Kier molecular flexibility index (Phi) is 5.03. The van der Waals surface area contributed by atoms with Crippen LogP contribution in [0.25, 0.3) is 0 Å². The Hall–Kier alpha value is -1.44. The van der Waals surface area contributed by atoms with E-state index in [2.05, 4.69) is 6.92 Å². The number of carbonyl (C=O) groups excluding carboxylic acids is 2. The molecule has 4 fully saturated rings. The largest absolute Gasteiger partial charge is 0.469 e. The average molecular weight is 435 g/mol. The summed E-state index contributed by atoms with van der Waals surface area (Å²) in [5.41, 5.74) is 0.00910. The third kappa shape index (κ3) is 2.63. The van der Waals surface area contributed by atoms with E-state index in [4.69, 9.17) is 23.7 Å². The molecule has 5 rings (SSSR count). The van der Waals surface area contributed by atoms with E-state index in [0.717, 1.165) is 37.7 Å². The number of hydrogen-bond acceptors (Lipinski definition) is 7. The number of hydrogen-bond donors (Lipinski definition) is 0. The Morgan fingerprint density at radius 1 is 1.26 bits per heavy atom. The second kappa shape index (κ2) is 7.29. The molecule has 0 radical (unpaired) electrons. The standard InChI is InChI=1S/C24H34O7/c1-5-30-24-12-17-15(14(2)16(24)11-19(25)31-24)7-8-18-22(20(26)27-3)9-6-10-23(17,18)21(28-4)29-13-22/h11,14-15,17-18,21H,5-10,12-13H2,1-4H3. The molecule has 0 aromatic rings. The molecule has 0 aromatic heterocycles. The van der Waals surface area contributed by atoms with Crippen LogP contribution in [0.2, 0.25) is 0 Å². The summed E-state index contributed by atoms with van der Waals surface area (Å²) < 4.78 is 29.6. The highest BCUT2D eigenvalue weighted by molar-refractivity contribution is 5.86. The van der Waals surface area contributed by atoms with Gasteiger partial charge in [0, 0.05) is 37.2 Å². The monoisotopic (exact) mass is 434 g/mol. The van der Waals surface area contributed by atoms with Gasteiger partial charge in [0.25, 0.3) is 0 Å². The Morgan fingerprint density at radius 3 is 2.77 bits per heavy atom. The lowest BCUT2D eigenvalue weighted by Gasteiger charge is -2.67. The molecule has 0 N–H and O–H groups in total. The van der Waals surface area contributed by atoms with Crippen molar-refractivity contribution in [3.63, 3.8) is 0 Å². The molecule has 3 saturated carbocycles. The summed E-state index contributed by atoms with van der Waals surface area (Å²) in [7, 11) is 3.18. The van der Waals surface area contributed by atoms with Crippen LogP contribution in [0.3, 0.4) is 0 Å². The maximum atomic E-state index is 13.1. The molecule has 0 spiro atoms. The second-order valence-electron chi connectivity index (χ2n) is 10.1. The second-order valence-corrected chi connectivity index (χ2v) is 10.1. The normalized spacial score (nSPS) is 48.1. The van der Waals surface area contributed by atoms with Gasteiger partial charge in [-0.15, -0.1) is 0 Å². The van der Waals surface area contributed by atoms with E-state index < -0.39 is 17.5 Å². The molecule has 2 heterocycles. The molecular weight excluding hydrogens is 400 g/mol. The minimum absolute atomic E-state index is 0.120. The third-order valence-corrected chi connectivity index (χ3v) is 9.26. The molecular formula is C24H34O7. The van der Waals surface area contributed by atoms with Crippen LogP contribution >= 0.6 is 0 Å². The molecule has 31 heavy (non-hydrogen) atoms. The van der Waals surface area contributed by atoms with Crippen molar-refractivity contribution >= 4 is 11.9 Å². The zero-order valence-corrected chi connectivity index (χ0v) is 19.0. The van der Waals surface area contributed by atoms with Gasteiger partial charge < -0.3 is 23.7 Å². The van der Waals surface area contributed by atoms with Gasteiger partial charge >= 0.3 is 11.9 Å². The smallest absolute Gasteiger partial charge is 0.333 e. The Morgan fingerprint density at radius 2 is 2.06 bits per heavy atom. The van der Waals surface area contributed by atoms with Crippen molar-refractivity contribution in [1.82, 2.24) is 0 Å². The molecule has 7 nitrogen and oxygen atoms in total. The highest BCUT2D eigenvalue weighted by Crippen LogP contribution is 2.70. The summed E-state index contributed by atoms with van der Waals surface area (Å²) in [4.78, 5) is 25.5. The van der Waals surface area contributed by atoms with Crippen LogP contribution in [-0.2, 0) is 33.3 Å². The first-order valence-corrected chi connectivity index (χ1v) is 11.7. The van der Waals surface area contributed by atoms with E-state index in [1.807, 2.05) is 6.92 Å². The number of carbonyl (C=O) groups is 2. The van der Waals surface area contributed by atoms with Crippen molar-refractivity contribution in [3.05, 3.63) is 11.6 Å². The van der Waals surface area contributed by atoms with Gasteiger partial charge in [0.1, 0.15) is 0 Å². The number of fused-ring (bicyclic) bond motifs is 2. The lowest BCUT2D eigenvalue weighted by molar-refractivity contribution is -0.339. The number of ether oxygens (including phenoxy) is 5. The Labute approximate surface area is 183 Å². The van der Waals surface area contributed by atoms with Crippen LogP contribution in [-0.4, -0.2) is 51.4 Å². The van der Waals surface area contributed by atoms with Crippen LogP contribution < -0.4 is 0 Å². The van der Waals surface area contributed by atoms with Crippen molar-refractivity contribution in [3.8, 4) is 0 Å². The van der Waals surface area contributed by atoms with E-state index in [9.17, 15) is 9.59 Å². The lowest BCUT2D eigenvalue weighted by atomic mass is 9.40. The van der Waals surface area contributed by atoms with Crippen molar-refractivity contribution in [2.45, 2.75) is 64.4 Å². The lowest BCUT2D eigenvalue weighted by Crippen LogP contribution is -2.69. The Bertz CT molecular complexity index is 808. The van der Waals surface area contributed by atoms with Gasteiger partial charge in [-0.25, -0.2) is 4.79 Å². The highest BCUT2D eigenvalue weighted by Gasteiger charge is 2.72. The van der Waals surface area contributed by atoms with Crippen molar-refractivity contribution in [2.75, 3.05) is 27.4 Å². The topological polar surface area (TPSA) is 80.3 Å². The summed E-state index contributed by atoms with van der Waals surface area (Å²) >= 11 is 0. The van der Waals surface area contributed by atoms with E-state index >= 15 is 0 Å². The van der Waals surface area contributed by atoms with Gasteiger partial charge in [0.05, 0.1) is 19.1 Å². The number of rotatable bonds is 4. The molecule has 5 aliphatic rings. The fourth-order valence-electron chi connectivity index (χ4n) is 8.31. The summed E-state index contributed by atoms with van der Waals surface area (Å²) in [5.74, 6) is -0.700. The minimum Gasteiger partial charge on any atom is -0.469 e. The van der Waals surface area contributed by atoms with Crippen LogP contribution in [0.4, 0.5) is 0 Å². The van der Waals surface area contributed by atoms with Crippen LogP contribution in [0.15, 0.2) is 11.6 Å². The van der Waals surface area contributed by atoms with Crippen molar-refractivity contribution in [1.29, 1.82) is 0 Å². The van der Waals surface area contributed by atoms with E-state index in [1.54, 1.807) is 13.2 Å². The van der Waals surface area contributed by atoms with Gasteiger partial charge in [0.15, 0.2) is 6.29 Å². The fourth-order valence-corrected chi connectivity index (χ4v) is 8.31. The molecule has 8 atom stereocenters. The molecule has 7 heteroatoms. The van der Waals surface area contributed by atoms with Gasteiger partial charge in [-0.1, -0.05) is 13.3 Å². The number of esters is 2. The molecule has 2 bridgehead atoms. The van der Waals surface area contributed by atoms with Gasteiger partial charge in [-0.05, 0) is 56.3 Å². The first-order chi connectivity index (χ1) is 14.9. The van der Waals surface area contributed by atoms with Crippen LogP contribution in [0.5, 0.6) is 0 Å². The van der Waals surface area contributed by atoms with Gasteiger partial charge in [0.2, 0.25) is 5.79 Å². The zero-order valence-electron chi connectivity index (χ0n) is 19.0. The maximum absolute atomic E-state index is 13.1. The predicted octanol–water partition coefficient (Wildman–Crippen LogP) is 3.22. The molecule has 3 aliphatic carbocycles. The fraction of sp³-hybridized carbons (Fsp3) is 0.833. The molecule has 0 aromatic carbocycles. The van der Waals surface area contributed by atoms with E-state index in [1.165, 1.54) is 7.11 Å². The average Bonchev–Trinajstić information content (AvgIpc) is 3.09. The molecule has 2 aliphatic heterocycles. The number of methoxy groups -OCH3 is 2. The third-order valence-electron chi connectivity index (χ3n) is 9.26. The summed E-state index contributed by atoms with van der Waals surface area (Å²) in [6.45, 7) is 4.93. The van der Waals surface area contributed by atoms with Crippen LogP contribution in [0, 0.1) is 34.5 Å². The summed E-state index contributed by atoms with van der Waals surface area (Å²) in [5, 5.41) is 0. The highest BCUT2D eigenvalue weighted by atomic mass is 16.7. The molecule has 0 amide bonds. The maximum Gasteiger partial charge on any atom is 0.333 e. The van der Waals surface area contributed by atoms with E-state index in [-0.39, 0.29) is 35.1 Å². The van der Waals surface area contributed by atoms with Crippen molar-refractivity contribution in [2.24, 2.45) is 34.5 Å². The van der Waals surface area contributed by atoms with Gasteiger partial charge in [-0.2, -0.15) is 0 Å². The first kappa shape index (κ1) is 21.4. The Balaban J connectivity index is 1.63. The van der Waals surface area contributed by atoms with Crippen LogP contribution in [0.1, 0.15) is 52.4 Å². The minimum atomic E-state index is -1.01. The molecule has 172 valence electrons. The molecule has 8 unspecified atom stereocenters. The molecule has 1 saturated heterocycles. The first-order valence-electron chi connectivity index (χ1n) is 11.7. The van der Waals surface area contributed by atoms with Gasteiger partial charge in [-0.3, -0.25) is 4.79 Å². The van der Waals surface area contributed by atoms with Crippen molar-refractivity contribution < 1.29 is 33.3 Å². The summed E-state index contributed by atoms with van der Waals surface area (Å²) in [6.07, 6.45) is 6.42. The van der Waals surface area contributed by atoms with E-state index in [0.29, 0.717) is 25.6 Å².